The van der Waals surface area contributed by atoms with E-state index in [1.54, 1.807) is 30.3 Å². The largest absolute Gasteiger partial charge is 0.451 e. The van der Waals surface area contributed by atoms with Gasteiger partial charge in [0.05, 0.1) is 10.0 Å². The van der Waals surface area contributed by atoms with Crippen molar-refractivity contribution in [3.8, 4) is 22.8 Å². The van der Waals surface area contributed by atoms with E-state index >= 15 is 0 Å². The van der Waals surface area contributed by atoms with E-state index in [0.29, 0.717) is 38.9 Å². The molecule has 9 heteroatoms. The Morgan fingerprint density at radius 3 is 2.59 bits per heavy atom. The van der Waals surface area contributed by atoms with Crippen molar-refractivity contribution >= 4 is 63.2 Å². The molecule has 0 unspecified atom stereocenters. The zero-order valence-corrected chi connectivity index (χ0v) is 22.2. The first-order chi connectivity index (χ1) is 17.8. The van der Waals surface area contributed by atoms with Gasteiger partial charge in [0.2, 0.25) is 5.89 Å². The molecule has 2 N–H and O–H groups in total. The maximum atomic E-state index is 12.7. The van der Waals surface area contributed by atoms with Crippen LogP contribution < -0.4 is 10.6 Å². The average molecular weight is 550 g/mol. The van der Waals surface area contributed by atoms with Crippen LogP contribution in [0.4, 0.5) is 5.69 Å². The van der Waals surface area contributed by atoms with Gasteiger partial charge in [0.1, 0.15) is 11.3 Å². The number of hydrogen-bond donors (Lipinski definition) is 2. The molecule has 2 heterocycles. The molecule has 5 rings (SSSR count). The van der Waals surface area contributed by atoms with Gasteiger partial charge in [-0.3, -0.25) is 10.1 Å². The summed E-state index contributed by atoms with van der Waals surface area (Å²) in [4.78, 5) is 17.3. The van der Waals surface area contributed by atoms with Crippen molar-refractivity contribution in [1.82, 2.24) is 10.3 Å². The molecule has 37 heavy (non-hydrogen) atoms. The number of hydrogen-bond acceptors (Lipinski definition) is 5. The van der Waals surface area contributed by atoms with E-state index in [-0.39, 0.29) is 10.9 Å². The Labute approximate surface area is 228 Å². The van der Waals surface area contributed by atoms with Crippen molar-refractivity contribution in [3.05, 3.63) is 94.2 Å². The van der Waals surface area contributed by atoms with Crippen molar-refractivity contribution < 1.29 is 13.6 Å². The SMILES string of the molecule is CC(C)c1ccc2oc(-c3cccc(NC(=S)NC(=O)c4ccc(-c5cccc(Cl)c5Cl)o4)c3)nc2c1. The number of halogens is 2. The van der Waals surface area contributed by atoms with Crippen LogP contribution in [0.1, 0.15) is 35.9 Å². The van der Waals surface area contributed by atoms with Crippen LogP contribution in [0.5, 0.6) is 0 Å². The highest BCUT2D eigenvalue weighted by molar-refractivity contribution is 7.80. The minimum absolute atomic E-state index is 0.0798. The molecule has 5 aromatic rings. The molecular formula is C28H21Cl2N3O3S. The van der Waals surface area contributed by atoms with E-state index in [9.17, 15) is 4.79 Å². The monoisotopic (exact) mass is 549 g/mol. The molecule has 0 spiro atoms. The number of amides is 1. The fourth-order valence-corrected chi connectivity index (χ4v) is 4.39. The number of rotatable bonds is 5. The molecule has 6 nitrogen and oxygen atoms in total. The predicted octanol–water partition coefficient (Wildman–Crippen LogP) is 8.31. The summed E-state index contributed by atoms with van der Waals surface area (Å²) in [6.45, 7) is 4.28. The second kappa shape index (κ2) is 10.4. The fraction of sp³-hybridized carbons (Fsp3) is 0.107. The van der Waals surface area contributed by atoms with E-state index < -0.39 is 5.91 Å². The third-order valence-electron chi connectivity index (χ3n) is 5.72. The van der Waals surface area contributed by atoms with Gasteiger partial charge in [-0.25, -0.2) is 4.98 Å². The number of nitrogens with one attached hydrogen (secondary N) is 2. The predicted molar refractivity (Wildman–Crippen MR) is 151 cm³/mol. The van der Waals surface area contributed by atoms with Gasteiger partial charge in [-0.2, -0.15) is 0 Å². The van der Waals surface area contributed by atoms with Crippen molar-refractivity contribution in [3.63, 3.8) is 0 Å². The first-order valence-corrected chi connectivity index (χ1v) is 12.6. The van der Waals surface area contributed by atoms with Crippen molar-refractivity contribution in [2.24, 2.45) is 0 Å². The van der Waals surface area contributed by atoms with Gasteiger partial charge >= 0.3 is 0 Å². The van der Waals surface area contributed by atoms with Gasteiger partial charge in [0.15, 0.2) is 16.5 Å². The molecule has 0 radical (unpaired) electrons. The molecule has 0 aliphatic carbocycles. The fourth-order valence-electron chi connectivity index (χ4n) is 3.78. The molecule has 2 aromatic heterocycles. The van der Waals surface area contributed by atoms with E-state index in [4.69, 9.17) is 44.3 Å². The smallest absolute Gasteiger partial charge is 0.293 e. The molecule has 0 aliphatic heterocycles. The number of fused-ring (bicyclic) bond motifs is 1. The summed E-state index contributed by atoms with van der Waals surface area (Å²) in [5.41, 5.74) is 4.75. The molecule has 3 aromatic carbocycles. The Kier molecular flexibility index (Phi) is 7.02. The number of anilines is 1. The van der Waals surface area contributed by atoms with E-state index in [0.717, 1.165) is 16.7 Å². The molecule has 0 aliphatic rings. The number of furan rings is 1. The van der Waals surface area contributed by atoms with Gasteiger partial charge in [-0.1, -0.05) is 55.2 Å². The zero-order valence-electron chi connectivity index (χ0n) is 19.8. The lowest BCUT2D eigenvalue weighted by Crippen LogP contribution is -2.33. The van der Waals surface area contributed by atoms with Gasteiger partial charge in [-0.15, -0.1) is 0 Å². The van der Waals surface area contributed by atoms with Crippen LogP contribution in [0.3, 0.4) is 0 Å². The Hall–Kier alpha value is -3.65. The Bertz CT molecular complexity index is 1640. The number of aromatic nitrogens is 1. The normalized spacial score (nSPS) is 11.2. The quantitative estimate of drug-likeness (QED) is 0.214. The number of thiocarbonyl (C=S) groups is 1. The highest BCUT2D eigenvalue weighted by Gasteiger charge is 2.17. The summed E-state index contributed by atoms with van der Waals surface area (Å²) in [7, 11) is 0. The lowest BCUT2D eigenvalue weighted by atomic mass is 10.0. The maximum absolute atomic E-state index is 12.7. The average Bonchev–Trinajstić information content (AvgIpc) is 3.53. The number of carbonyl (C=O) groups excluding carboxylic acids is 1. The molecule has 186 valence electrons. The first-order valence-electron chi connectivity index (χ1n) is 11.5. The van der Waals surface area contributed by atoms with Gasteiger partial charge < -0.3 is 14.2 Å². The van der Waals surface area contributed by atoms with E-state index in [1.165, 1.54) is 5.56 Å². The van der Waals surface area contributed by atoms with Crippen LogP contribution in [0, 0.1) is 0 Å². The van der Waals surface area contributed by atoms with Gasteiger partial charge in [0, 0.05) is 16.8 Å². The first kappa shape index (κ1) is 25.0. The number of nitrogens with zero attached hydrogens (tertiary/aromatic N) is 1. The minimum atomic E-state index is -0.502. The maximum Gasteiger partial charge on any atom is 0.293 e. The Morgan fingerprint density at radius 1 is 0.973 bits per heavy atom. The van der Waals surface area contributed by atoms with Crippen LogP contribution in [0.15, 0.2) is 81.6 Å². The van der Waals surface area contributed by atoms with Crippen LogP contribution >= 0.6 is 35.4 Å². The third kappa shape index (κ3) is 5.39. The second-order valence-electron chi connectivity index (χ2n) is 8.66. The topological polar surface area (TPSA) is 80.3 Å². The van der Waals surface area contributed by atoms with Crippen LogP contribution in [-0.4, -0.2) is 16.0 Å². The van der Waals surface area contributed by atoms with Crippen LogP contribution in [0.25, 0.3) is 33.9 Å². The molecule has 0 bridgehead atoms. The van der Waals surface area contributed by atoms with E-state index in [1.807, 2.05) is 42.5 Å². The Morgan fingerprint density at radius 2 is 1.78 bits per heavy atom. The summed E-state index contributed by atoms with van der Waals surface area (Å²) in [6.07, 6.45) is 0. The second-order valence-corrected chi connectivity index (χ2v) is 9.85. The summed E-state index contributed by atoms with van der Waals surface area (Å²) >= 11 is 17.7. The number of oxazole rings is 1. The Balaban J connectivity index is 1.28. The zero-order chi connectivity index (χ0) is 26.1. The van der Waals surface area contributed by atoms with Crippen LogP contribution in [0.2, 0.25) is 10.0 Å². The molecule has 0 atom stereocenters. The summed E-state index contributed by atoms with van der Waals surface area (Å²) < 4.78 is 11.6. The van der Waals surface area contributed by atoms with Gasteiger partial charge in [-0.05, 0) is 78.3 Å². The van der Waals surface area contributed by atoms with Crippen molar-refractivity contribution in [1.29, 1.82) is 0 Å². The molecular weight excluding hydrogens is 529 g/mol. The molecule has 0 saturated carbocycles. The molecule has 1 amide bonds. The highest BCUT2D eigenvalue weighted by Crippen LogP contribution is 2.34. The summed E-state index contributed by atoms with van der Waals surface area (Å²) in [5, 5.41) is 6.49. The van der Waals surface area contributed by atoms with Crippen molar-refractivity contribution in [2.45, 2.75) is 19.8 Å². The molecule has 0 saturated heterocycles. The van der Waals surface area contributed by atoms with E-state index in [2.05, 4.69) is 29.5 Å². The summed E-state index contributed by atoms with van der Waals surface area (Å²) in [5.74, 6) is 0.894. The van der Waals surface area contributed by atoms with Crippen LogP contribution in [-0.2, 0) is 0 Å². The third-order valence-corrected chi connectivity index (χ3v) is 6.74. The minimum Gasteiger partial charge on any atom is -0.451 e. The lowest BCUT2D eigenvalue weighted by molar-refractivity contribution is 0.0951. The number of carbonyl (C=O) groups is 1. The summed E-state index contributed by atoms with van der Waals surface area (Å²) in [6, 6.07) is 21.8. The van der Waals surface area contributed by atoms with Gasteiger partial charge in [0.25, 0.3) is 5.91 Å². The van der Waals surface area contributed by atoms with Crippen molar-refractivity contribution in [2.75, 3.05) is 5.32 Å². The molecule has 0 fully saturated rings. The highest BCUT2D eigenvalue weighted by atomic mass is 35.5. The standard InChI is InChI=1S/C28H21Cl2N3O3S/c1-15(2)16-9-10-23-21(14-16)32-27(36-23)17-5-3-6-18(13-17)31-28(37)33-26(34)24-12-11-22(35-24)19-7-4-8-20(29)25(19)30/h3-15H,1-2H3,(H2,31,33,34,37). The lowest BCUT2D eigenvalue weighted by Gasteiger charge is -2.09. The number of benzene rings is 3.